The molecule has 1 aliphatic heterocycles. The minimum absolute atomic E-state index is 0.0172. The average Bonchev–Trinajstić information content (AvgIpc) is 2.76. The topological polar surface area (TPSA) is 60.0 Å². The van der Waals surface area contributed by atoms with Gasteiger partial charge in [0.2, 0.25) is 0 Å². The first kappa shape index (κ1) is 24.4. The molecule has 0 radical (unpaired) electrons. The zero-order valence-electron chi connectivity index (χ0n) is 17.8. The van der Waals surface area contributed by atoms with Crippen molar-refractivity contribution in [3.8, 4) is 16.9 Å². The van der Waals surface area contributed by atoms with Gasteiger partial charge in [-0.25, -0.2) is 4.39 Å². The second-order valence-electron chi connectivity index (χ2n) is 7.68. The lowest BCUT2D eigenvalue weighted by Gasteiger charge is -2.40. The molecule has 1 aliphatic rings. The first-order valence-electron chi connectivity index (χ1n) is 10.4. The average molecular weight is 457 g/mol. The van der Waals surface area contributed by atoms with Crippen molar-refractivity contribution < 1.29 is 36.9 Å². The Hall–Kier alpha value is -2.20. The summed E-state index contributed by atoms with van der Waals surface area (Å²) < 4.78 is 68.1. The van der Waals surface area contributed by atoms with Crippen molar-refractivity contribution in [3.63, 3.8) is 0 Å². The van der Waals surface area contributed by atoms with E-state index in [2.05, 4.69) is 10.1 Å². The van der Waals surface area contributed by atoms with Crippen LogP contribution in [0.5, 0.6) is 5.75 Å². The number of rotatable bonds is 9. The third kappa shape index (κ3) is 5.98. The van der Waals surface area contributed by atoms with Crippen LogP contribution in [0.1, 0.15) is 24.8 Å². The van der Waals surface area contributed by atoms with Crippen molar-refractivity contribution >= 4 is 0 Å². The van der Waals surface area contributed by atoms with Crippen molar-refractivity contribution in [1.82, 2.24) is 5.32 Å². The molecule has 2 atom stereocenters. The summed E-state index contributed by atoms with van der Waals surface area (Å²) in [6.07, 6.45) is -4.01. The van der Waals surface area contributed by atoms with E-state index >= 15 is 4.39 Å². The molecule has 176 valence electrons. The van der Waals surface area contributed by atoms with E-state index in [0.29, 0.717) is 39.1 Å². The lowest BCUT2D eigenvalue weighted by Crippen LogP contribution is -2.51. The van der Waals surface area contributed by atoms with Crippen LogP contribution in [0, 0.1) is 5.82 Å². The van der Waals surface area contributed by atoms with Gasteiger partial charge in [-0.15, -0.1) is 13.2 Å². The number of unbranched alkanes of at least 4 members (excludes halogenated alkanes) is 1. The quantitative estimate of drug-likeness (QED) is 0.432. The lowest BCUT2D eigenvalue weighted by atomic mass is 9.79. The van der Waals surface area contributed by atoms with Crippen molar-refractivity contribution in [2.75, 3.05) is 33.4 Å². The Morgan fingerprint density at radius 2 is 1.94 bits per heavy atom. The molecule has 1 heterocycles. The second-order valence-corrected chi connectivity index (χ2v) is 7.68. The summed E-state index contributed by atoms with van der Waals surface area (Å²) in [5, 5.41) is 15.0. The van der Waals surface area contributed by atoms with Gasteiger partial charge in [0, 0.05) is 32.4 Å². The summed E-state index contributed by atoms with van der Waals surface area (Å²) >= 11 is 0. The van der Waals surface area contributed by atoms with Gasteiger partial charge in [0.25, 0.3) is 0 Å². The highest BCUT2D eigenvalue weighted by molar-refractivity contribution is 5.70. The Morgan fingerprint density at radius 3 is 2.62 bits per heavy atom. The van der Waals surface area contributed by atoms with Crippen LogP contribution in [0.2, 0.25) is 0 Å². The first-order chi connectivity index (χ1) is 15.2. The van der Waals surface area contributed by atoms with Crippen LogP contribution < -0.4 is 10.1 Å². The second kappa shape index (κ2) is 10.6. The number of halogens is 4. The number of ether oxygens (including phenoxy) is 3. The predicted octanol–water partition coefficient (Wildman–Crippen LogP) is 4.38. The number of morpholine rings is 1. The fourth-order valence-corrected chi connectivity index (χ4v) is 4.01. The minimum Gasteiger partial charge on any atom is -0.406 e. The number of methoxy groups -OCH3 is 1. The predicted molar refractivity (Wildman–Crippen MR) is 111 cm³/mol. The van der Waals surface area contributed by atoms with Gasteiger partial charge in [-0.05, 0) is 48.6 Å². The number of nitrogens with one attached hydrogen (secondary N) is 1. The largest absolute Gasteiger partial charge is 0.573 e. The minimum atomic E-state index is -4.87. The maximum atomic E-state index is 15.1. The van der Waals surface area contributed by atoms with E-state index in [9.17, 15) is 18.3 Å². The molecule has 2 N–H and O–H groups in total. The maximum Gasteiger partial charge on any atom is 0.573 e. The summed E-state index contributed by atoms with van der Waals surface area (Å²) in [5.74, 6) is -1.13. The van der Waals surface area contributed by atoms with Gasteiger partial charge < -0.3 is 24.6 Å². The normalized spacial score (nSPS) is 18.9. The van der Waals surface area contributed by atoms with Crippen LogP contribution in [0.3, 0.4) is 0 Å². The molecule has 0 bridgehead atoms. The van der Waals surface area contributed by atoms with E-state index in [4.69, 9.17) is 9.47 Å². The molecule has 0 aliphatic carbocycles. The van der Waals surface area contributed by atoms with Gasteiger partial charge in [-0.1, -0.05) is 24.3 Å². The fourth-order valence-electron chi connectivity index (χ4n) is 4.01. The number of aliphatic hydroxyl groups is 1. The summed E-state index contributed by atoms with van der Waals surface area (Å²) in [6, 6.07) is 9.36. The van der Waals surface area contributed by atoms with Crippen LogP contribution in [0.25, 0.3) is 11.1 Å². The molecule has 0 spiro atoms. The third-order valence-corrected chi connectivity index (χ3v) is 5.45. The zero-order chi connectivity index (χ0) is 23.2. The SMILES string of the molecule is COCCCCC(O)(c1cccc(F)c1-c1cccc(OC(F)(F)F)c1)[C@H]1CNCCO1. The van der Waals surface area contributed by atoms with Crippen LogP contribution >= 0.6 is 0 Å². The maximum absolute atomic E-state index is 15.1. The number of benzene rings is 2. The van der Waals surface area contributed by atoms with Crippen LogP contribution in [0.15, 0.2) is 42.5 Å². The standard InChI is InChI=1S/C23H27F4NO4/c1-30-12-3-2-10-22(29,20-15-28-11-13-31-20)18-8-5-9-19(24)21(18)16-6-4-7-17(14-16)32-23(25,26)27/h4-9,14,20,28-29H,2-3,10-13,15H2,1H3/t20-,22?/m1/s1. The molecule has 0 aromatic heterocycles. The monoisotopic (exact) mass is 457 g/mol. The molecule has 2 aromatic rings. The van der Waals surface area contributed by atoms with Crippen LogP contribution in [-0.4, -0.2) is 51.0 Å². The van der Waals surface area contributed by atoms with Crippen molar-refractivity contribution in [2.45, 2.75) is 37.3 Å². The Kier molecular flexibility index (Phi) is 8.10. The summed E-state index contributed by atoms with van der Waals surface area (Å²) in [6.45, 7) is 1.87. The van der Waals surface area contributed by atoms with Gasteiger partial charge in [0.1, 0.15) is 23.3 Å². The highest BCUT2D eigenvalue weighted by Gasteiger charge is 2.42. The van der Waals surface area contributed by atoms with Gasteiger partial charge >= 0.3 is 6.36 Å². The Labute approximate surface area is 184 Å². The Balaban J connectivity index is 2.05. The molecule has 1 unspecified atom stereocenters. The van der Waals surface area contributed by atoms with Crippen molar-refractivity contribution in [3.05, 3.63) is 53.8 Å². The van der Waals surface area contributed by atoms with E-state index in [0.717, 1.165) is 12.1 Å². The molecule has 0 saturated carbocycles. The molecular weight excluding hydrogens is 430 g/mol. The summed E-state index contributed by atoms with van der Waals surface area (Å²) in [7, 11) is 1.58. The Morgan fingerprint density at radius 1 is 1.16 bits per heavy atom. The highest BCUT2D eigenvalue weighted by atomic mass is 19.4. The van der Waals surface area contributed by atoms with Crippen molar-refractivity contribution in [1.29, 1.82) is 0 Å². The fraction of sp³-hybridized carbons (Fsp3) is 0.478. The molecular formula is C23H27F4NO4. The van der Waals surface area contributed by atoms with E-state index in [1.54, 1.807) is 13.2 Å². The molecule has 32 heavy (non-hydrogen) atoms. The van der Waals surface area contributed by atoms with Crippen molar-refractivity contribution in [2.24, 2.45) is 0 Å². The van der Waals surface area contributed by atoms with E-state index in [-0.39, 0.29) is 23.1 Å². The van der Waals surface area contributed by atoms with Crippen LogP contribution in [0.4, 0.5) is 17.6 Å². The molecule has 2 aromatic carbocycles. The van der Waals surface area contributed by atoms with Crippen LogP contribution in [-0.2, 0) is 15.1 Å². The Bertz CT molecular complexity index is 887. The third-order valence-electron chi connectivity index (χ3n) is 5.45. The lowest BCUT2D eigenvalue weighted by molar-refractivity contribution is -0.274. The molecule has 9 heteroatoms. The molecule has 3 rings (SSSR count). The van der Waals surface area contributed by atoms with E-state index < -0.39 is 29.6 Å². The highest BCUT2D eigenvalue weighted by Crippen LogP contribution is 2.41. The molecule has 1 saturated heterocycles. The molecule has 0 amide bonds. The van der Waals surface area contributed by atoms with E-state index in [1.807, 2.05) is 0 Å². The molecule has 1 fully saturated rings. The number of hydrogen-bond donors (Lipinski definition) is 2. The first-order valence-corrected chi connectivity index (χ1v) is 10.4. The van der Waals surface area contributed by atoms with E-state index in [1.165, 1.54) is 24.3 Å². The van der Waals surface area contributed by atoms with Gasteiger partial charge in [0.05, 0.1) is 6.61 Å². The number of alkyl halides is 3. The van der Waals surface area contributed by atoms with Gasteiger partial charge in [-0.2, -0.15) is 0 Å². The smallest absolute Gasteiger partial charge is 0.406 e. The zero-order valence-corrected chi connectivity index (χ0v) is 17.8. The number of hydrogen-bond acceptors (Lipinski definition) is 5. The summed E-state index contributed by atoms with van der Waals surface area (Å²) in [4.78, 5) is 0. The molecule has 5 nitrogen and oxygen atoms in total. The van der Waals surface area contributed by atoms with Gasteiger partial charge in [0.15, 0.2) is 0 Å². The van der Waals surface area contributed by atoms with Gasteiger partial charge in [-0.3, -0.25) is 0 Å². The summed E-state index contributed by atoms with van der Waals surface area (Å²) in [5.41, 5.74) is -1.13.